The Bertz CT molecular complexity index is 570. The largest absolute Gasteiger partial charge is 0.376 e. The number of rotatable bonds is 3. The summed E-state index contributed by atoms with van der Waals surface area (Å²) in [6.07, 6.45) is 1.69. The van der Waals surface area contributed by atoms with E-state index >= 15 is 0 Å². The van der Waals surface area contributed by atoms with Gasteiger partial charge in [-0.1, -0.05) is 29.3 Å². The summed E-state index contributed by atoms with van der Waals surface area (Å²) in [4.78, 5) is 4.09. The van der Waals surface area contributed by atoms with Crippen LogP contribution in [0, 0.1) is 20.8 Å². The lowest BCUT2D eigenvalue weighted by molar-refractivity contribution is 0.860. The minimum atomic E-state index is 0.197. The molecule has 0 aliphatic heterocycles. The minimum Gasteiger partial charge on any atom is -0.376 e. The van der Waals surface area contributed by atoms with Crippen LogP contribution in [0.2, 0.25) is 5.15 Å². The Morgan fingerprint density at radius 1 is 1.16 bits per heavy atom. The summed E-state index contributed by atoms with van der Waals surface area (Å²) in [5.74, 6) is 0. The fourth-order valence-corrected chi connectivity index (χ4v) is 2.85. The number of halogens is 1. The van der Waals surface area contributed by atoms with Gasteiger partial charge in [-0.05, 0) is 56.5 Å². The Balaban J connectivity index is 2.31. The van der Waals surface area contributed by atoms with Crippen molar-refractivity contribution in [2.75, 3.05) is 5.32 Å². The van der Waals surface area contributed by atoms with Gasteiger partial charge in [-0.25, -0.2) is 4.98 Å². The lowest BCUT2D eigenvalue weighted by atomic mass is 9.95. The van der Waals surface area contributed by atoms with E-state index in [1.807, 2.05) is 12.1 Å². The van der Waals surface area contributed by atoms with Crippen LogP contribution in [0.5, 0.6) is 0 Å². The number of anilines is 1. The number of hydrogen-bond donors (Lipinski definition) is 1. The zero-order valence-electron chi connectivity index (χ0n) is 11.8. The maximum absolute atomic E-state index is 6.09. The van der Waals surface area contributed by atoms with Crippen molar-refractivity contribution in [1.82, 2.24) is 4.98 Å². The molecule has 1 aromatic heterocycles. The van der Waals surface area contributed by atoms with Crippen LogP contribution in [0.3, 0.4) is 0 Å². The van der Waals surface area contributed by atoms with Crippen LogP contribution in [0.25, 0.3) is 0 Å². The smallest absolute Gasteiger partial charge is 0.152 e. The van der Waals surface area contributed by atoms with Crippen molar-refractivity contribution < 1.29 is 0 Å². The standard InChI is InChI=1S/C16H19ClN2/c1-10-8-11(2)15(12(3)9-10)13(4)19-14-6-5-7-18-16(14)17/h5-9,13,19H,1-4H3. The van der Waals surface area contributed by atoms with E-state index in [9.17, 15) is 0 Å². The predicted molar refractivity (Wildman–Crippen MR) is 81.9 cm³/mol. The molecule has 0 bridgehead atoms. The number of nitrogens with zero attached hydrogens (tertiary/aromatic N) is 1. The van der Waals surface area contributed by atoms with Crippen molar-refractivity contribution in [3.05, 3.63) is 57.9 Å². The third-order valence-corrected chi connectivity index (χ3v) is 3.60. The highest BCUT2D eigenvalue weighted by atomic mass is 35.5. The van der Waals surface area contributed by atoms with E-state index in [0.717, 1.165) is 5.69 Å². The van der Waals surface area contributed by atoms with Gasteiger partial charge in [-0.2, -0.15) is 0 Å². The van der Waals surface area contributed by atoms with E-state index in [-0.39, 0.29) is 6.04 Å². The quantitative estimate of drug-likeness (QED) is 0.811. The summed E-state index contributed by atoms with van der Waals surface area (Å²) in [7, 11) is 0. The lowest BCUT2D eigenvalue weighted by Crippen LogP contribution is -2.11. The van der Waals surface area contributed by atoms with E-state index in [2.05, 4.69) is 50.1 Å². The zero-order valence-corrected chi connectivity index (χ0v) is 12.5. The molecule has 1 N–H and O–H groups in total. The molecular weight excluding hydrogens is 256 g/mol. The molecule has 0 saturated carbocycles. The van der Waals surface area contributed by atoms with Gasteiger partial charge < -0.3 is 5.32 Å². The highest BCUT2D eigenvalue weighted by molar-refractivity contribution is 6.31. The Labute approximate surface area is 119 Å². The maximum atomic E-state index is 6.09. The summed E-state index contributed by atoms with van der Waals surface area (Å²) in [5, 5.41) is 3.94. The van der Waals surface area contributed by atoms with E-state index < -0.39 is 0 Å². The first-order valence-electron chi connectivity index (χ1n) is 6.44. The van der Waals surface area contributed by atoms with E-state index in [4.69, 9.17) is 11.6 Å². The summed E-state index contributed by atoms with van der Waals surface area (Å²) in [5.41, 5.74) is 6.10. The van der Waals surface area contributed by atoms with Crippen molar-refractivity contribution in [3.8, 4) is 0 Å². The van der Waals surface area contributed by atoms with Crippen molar-refractivity contribution in [2.45, 2.75) is 33.7 Å². The normalized spacial score (nSPS) is 12.3. The molecule has 3 heteroatoms. The molecule has 0 radical (unpaired) electrons. The Morgan fingerprint density at radius 2 is 1.79 bits per heavy atom. The first kappa shape index (κ1) is 13.9. The number of nitrogens with one attached hydrogen (secondary N) is 1. The summed E-state index contributed by atoms with van der Waals surface area (Å²) >= 11 is 6.09. The Hall–Kier alpha value is -1.54. The van der Waals surface area contributed by atoms with Crippen molar-refractivity contribution in [1.29, 1.82) is 0 Å². The van der Waals surface area contributed by atoms with E-state index in [1.54, 1.807) is 6.20 Å². The number of aromatic nitrogens is 1. The van der Waals surface area contributed by atoms with Crippen molar-refractivity contribution in [2.24, 2.45) is 0 Å². The lowest BCUT2D eigenvalue weighted by Gasteiger charge is -2.21. The average Bonchev–Trinajstić information content (AvgIpc) is 2.30. The average molecular weight is 275 g/mol. The summed E-state index contributed by atoms with van der Waals surface area (Å²) in [6, 6.07) is 8.46. The molecule has 0 saturated heterocycles. The van der Waals surface area contributed by atoms with Gasteiger partial charge in [0.1, 0.15) is 0 Å². The molecule has 1 aromatic carbocycles. The van der Waals surface area contributed by atoms with Gasteiger partial charge in [0.05, 0.1) is 5.69 Å². The second-order valence-electron chi connectivity index (χ2n) is 5.02. The molecule has 1 atom stereocenters. The molecule has 0 aliphatic rings. The molecule has 2 nitrogen and oxygen atoms in total. The van der Waals surface area contributed by atoms with Crippen LogP contribution >= 0.6 is 11.6 Å². The monoisotopic (exact) mass is 274 g/mol. The van der Waals surface area contributed by atoms with Crippen LogP contribution < -0.4 is 5.32 Å². The third kappa shape index (κ3) is 3.07. The second kappa shape index (κ2) is 5.62. The molecular formula is C16H19ClN2. The molecule has 2 rings (SSSR count). The topological polar surface area (TPSA) is 24.9 Å². The van der Waals surface area contributed by atoms with Crippen molar-refractivity contribution >= 4 is 17.3 Å². The fraction of sp³-hybridized carbons (Fsp3) is 0.312. The number of aryl methyl sites for hydroxylation is 3. The Kier molecular flexibility index (Phi) is 4.11. The number of hydrogen-bond acceptors (Lipinski definition) is 2. The first-order chi connectivity index (χ1) is 8.99. The van der Waals surface area contributed by atoms with Gasteiger partial charge in [0.2, 0.25) is 0 Å². The second-order valence-corrected chi connectivity index (χ2v) is 5.38. The minimum absolute atomic E-state index is 0.197. The first-order valence-corrected chi connectivity index (χ1v) is 6.81. The van der Waals surface area contributed by atoms with Gasteiger partial charge in [0, 0.05) is 12.2 Å². The number of benzene rings is 1. The van der Waals surface area contributed by atoms with E-state index in [0.29, 0.717) is 5.15 Å². The van der Waals surface area contributed by atoms with E-state index in [1.165, 1.54) is 22.3 Å². The molecule has 0 spiro atoms. The molecule has 1 heterocycles. The Morgan fingerprint density at radius 3 is 2.37 bits per heavy atom. The van der Waals surface area contributed by atoms with Crippen LogP contribution in [0.15, 0.2) is 30.5 Å². The van der Waals surface area contributed by atoms with Gasteiger partial charge in [0.15, 0.2) is 5.15 Å². The van der Waals surface area contributed by atoms with Crippen LogP contribution in [0.1, 0.15) is 35.2 Å². The molecule has 100 valence electrons. The van der Waals surface area contributed by atoms with Gasteiger partial charge in [-0.15, -0.1) is 0 Å². The molecule has 0 aliphatic carbocycles. The van der Waals surface area contributed by atoms with Crippen LogP contribution in [0.4, 0.5) is 5.69 Å². The highest BCUT2D eigenvalue weighted by Crippen LogP contribution is 2.28. The van der Waals surface area contributed by atoms with Crippen molar-refractivity contribution in [3.63, 3.8) is 0 Å². The maximum Gasteiger partial charge on any atom is 0.152 e. The molecule has 19 heavy (non-hydrogen) atoms. The fourth-order valence-electron chi connectivity index (χ4n) is 2.67. The predicted octanol–water partition coefficient (Wildman–Crippen LogP) is 4.83. The summed E-state index contributed by atoms with van der Waals surface area (Å²) in [6.45, 7) is 8.57. The molecule has 0 fully saturated rings. The zero-order chi connectivity index (χ0) is 14.0. The molecule has 1 unspecified atom stereocenters. The van der Waals surface area contributed by atoms with Crippen LogP contribution in [-0.4, -0.2) is 4.98 Å². The summed E-state index contributed by atoms with van der Waals surface area (Å²) < 4.78 is 0. The highest BCUT2D eigenvalue weighted by Gasteiger charge is 2.13. The number of pyridine rings is 1. The molecule has 2 aromatic rings. The third-order valence-electron chi connectivity index (χ3n) is 3.30. The molecule has 0 amide bonds. The van der Waals surface area contributed by atoms with Gasteiger partial charge in [-0.3, -0.25) is 0 Å². The SMILES string of the molecule is Cc1cc(C)c(C(C)Nc2cccnc2Cl)c(C)c1. The van der Waals surface area contributed by atoms with Gasteiger partial charge in [0.25, 0.3) is 0 Å². The van der Waals surface area contributed by atoms with Crippen LogP contribution in [-0.2, 0) is 0 Å². The van der Waals surface area contributed by atoms with Gasteiger partial charge >= 0.3 is 0 Å².